The zero-order chi connectivity index (χ0) is 19.3. The summed E-state index contributed by atoms with van der Waals surface area (Å²) < 4.78 is 25.5. The Labute approximate surface area is 161 Å². The smallest absolute Gasteiger partial charge is 0.235 e. The third kappa shape index (κ3) is 5.01. The molecule has 1 heterocycles. The van der Waals surface area contributed by atoms with Gasteiger partial charge in [-0.05, 0) is 29.7 Å². The van der Waals surface area contributed by atoms with Crippen molar-refractivity contribution in [2.45, 2.75) is 19.5 Å². The third-order valence-electron chi connectivity index (χ3n) is 4.45. The molecule has 2 aromatic rings. The van der Waals surface area contributed by atoms with Crippen LogP contribution in [-0.2, 0) is 23.1 Å². The second-order valence-corrected chi connectivity index (χ2v) is 8.79. The van der Waals surface area contributed by atoms with Crippen molar-refractivity contribution in [1.82, 2.24) is 10.2 Å². The number of sulfonamides is 1. The van der Waals surface area contributed by atoms with Crippen LogP contribution in [0.1, 0.15) is 17.5 Å². The Bertz CT molecular complexity index is 878. The molecule has 144 valence electrons. The van der Waals surface area contributed by atoms with Gasteiger partial charge in [0.2, 0.25) is 10.0 Å². The van der Waals surface area contributed by atoms with E-state index in [2.05, 4.69) is 22.4 Å². The highest BCUT2D eigenvalue weighted by molar-refractivity contribution is 7.93. The van der Waals surface area contributed by atoms with Crippen molar-refractivity contribution < 1.29 is 8.42 Å². The van der Waals surface area contributed by atoms with Crippen LogP contribution in [0, 0.1) is 0 Å². The molecule has 1 aliphatic heterocycles. The van der Waals surface area contributed by atoms with Crippen molar-refractivity contribution >= 4 is 21.7 Å². The number of nitrogens with one attached hydrogen (secondary N) is 1. The van der Waals surface area contributed by atoms with Gasteiger partial charge in [-0.15, -0.1) is 0 Å². The topological polar surface area (TPSA) is 65.0 Å². The average molecular weight is 387 g/mol. The number of anilines is 1. The molecule has 7 heteroatoms. The molecule has 0 saturated carbocycles. The number of hydrogen-bond donors (Lipinski definition) is 1. The molecule has 0 atom stereocenters. The summed E-state index contributed by atoms with van der Waals surface area (Å²) in [6, 6.07) is 17.8. The van der Waals surface area contributed by atoms with E-state index in [-0.39, 0.29) is 5.75 Å². The van der Waals surface area contributed by atoms with E-state index in [1.807, 2.05) is 61.5 Å². The van der Waals surface area contributed by atoms with E-state index < -0.39 is 10.0 Å². The van der Waals surface area contributed by atoms with Crippen molar-refractivity contribution in [2.24, 2.45) is 4.99 Å². The predicted molar refractivity (Wildman–Crippen MR) is 110 cm³/mol. The molecule has 1 N–H and O–H groups in total. The van der Waals surface area contributed by atoms with Crippen molar-refractivity contribution in [3.63, 3.8) is 0 Å². The van der Waals surface area contributed by atoms with Crippen LogP contribution in [0.2, 0.25) is 0 Å². The van der Waals surface area contributed by atoms with Gasteiger partial charge in [-0.25, -0.2) is 13.4 Å². The Morgan fingerprint density at radius 3 is 2.37 bits per heavy atom. The first-order chi connectivity index (χ1) is 13.0. The molecule has 0 bridgehead atoms. The normalized spacial score (nSPS) is 16.4. The maximum Gasteiger partial charge on any atom is 0.235 e. The summed E-state index contributed by atoms with van der Waals surface area (Å²) in [5.74, 6) is 1.05. The minimum Gasteiger partial charge on any atom is -0.352 e. The van der Waals surface area contributed by atoms with Crippen LogP contribution in [0.4, 0.5) is 5.69 Å². The van der Waals surface area contributed by atoms with Gasteiger partial charge >= 0.3 is 0 Å². The zero-order valence-electron chi connectivity index (χ0n) is 15.8. The van der Waals surface area contributed by atoms with Crippen molar-refractivity contribution in [1.29, 1.82) is 0 Å². The minimum atomic E-state index is -3.13. The molecule has 0 aromatic heterocycles. The number of benzene rings is 2. The lowest BCUT2D eigenvalue weighted by atomic mass is 10.2. The Morgan fingerprint density at radius 1 is 1.07 bits per heavy atom. The quantitative estimate of drug-likeness (QED) is 0.633. The van der Waals surface area contributed by atoms with Gasteiger partial charge in [0.25, 0.3) is 0 Å². The largest absolute Gasteiger partial charge is 0.352 e. The lowest BCUT2D eigenvalue weighted by Gasteiger charge is -2.19. The van der Waals surface area contributed by atoms with Gasteiger partial charge in [0.05, 0.1) is 18.0 Å². The fourth-order valence-corrected chi connectivity index (χ4v) is 4.56. The molecule has 0 unspecified atom stereocenters. The second-order valence-electron chi connectivity index (χ2n) is 6.78. The van der Waals surface area contributed by atoms with Crippen LogP contribution in [0.3, 0.4) is 0 Å². The molecule has 0 radical (unpaired) electrons. The molecule has 1 saturated heterocycles. The fourth-order valence-electron chi connectivity index (χ4n) is 3.00. The summed E-state index contributed by atoms with van der Waals surface area (Å²) >= 11 is 0. The van der Waals surface area contributed by atoms with Crippen LogP contribution in [0.25, 0.3) is 0 Å². The Hall–Kier alpha value is -2.54. The maximum atomic E-state index is 12.0. The summed E-state index contributed by atoms with van der Waals surface area (Å²) in [5, 5.41) is 3.36. The minimum absolute atomic E-state index is 0.236. The van der Waals surface area contributed by atoms with Crippen molar-refractivity contribution in [3.8, 4) is 0 Å². The van der Waals surface area contributed by atoms with E-state index in [1.165, 1.54) is 4.31 Å². The van der Waals surface area contributed by atoms with E-state index in [9.17, 15) is 8.42 Å². The van der Waals surface area contributed by atoms with E-state index in [0.29, 0.717) is 26.1 Å². The van der Waals surface area contributed by atoms with Crippen LogP contribution in [0.5, 0.6) is 0 Å². The highest BCUT2D eigenvalue weighted by atomic mass is 32.2. The number of guanidine groups is 1. The Balaban J connectivity index is 1.62. The number of rotatable bonds is 5. The lowest BCUT2D eigenvalue weighted by Crippen LogP contribution is -2.36. The average Bonchev–Trinajstić information content (AvgIpc) is 3.02. The first kappa shape index (κ1) is 19.2. The number of nitrogens with zero attached hydrogens (tertiary/aromatic N) is 3. The monoisotopic (exact) mass is 386 g/mol. The van der Waals surface area contributed by atoms with Gasteiger partial charge in [0.15, 0.2) is 5.96 Å². The maximum absolute atomic E-state index is 12.0. The molecular weight excluding hydrogens is 360 g/mol. The molecule has 0 spiro atoms. The zero-order valence-corrected chi connectivity index (χ0v) is 16.6. The van der Waals surface area contributed by atoms with E-state index in [4.69, 9.17) is 0 Å². The van der Waals surface area contributed by atoms with Gasteiger partial charge in [-0.2, -0.15) is 0 Å². The standard InChI is InChI=1S/C20H26N4O2S/c1-23(2)20(21-15-17-7-4-3-5-8-17)22-16-18-9-11-19(12-10-18)24-13-6-14-27(24,25)26/h3-5,7-12H,6,13-16H2,1-2H3,(H,21,22). The molecule has 1 aliphatic rings. The van der Waals surface area contributed by atoms with Gasteiger partial charge in [-0.3, -0.25) is 4.31 Å². The molecule has 0 aliphatic carbocycles. The number of hydrogen-bond acceptors (Lipinski definition) is 3. The summed E-state index contributed by atoms with van der Waals surface area (Å²) in [5.41, 5.74) is 2.97. The molecule has 0 amide bonds. The molecular formula is C20H26N4O2S. The summed E-state index contributed by atoms with van der Waals surface area (Å²) in [6.45, 7) is 1.81. The van der Waals surface area contributed by atoms with E-state index >= 15 is 0 Å². The highest BCUT2D eigenvalue weighted by Gasteiger charge is 2.28. The van der Waals surface area contributed by atoms with Gasteiger partial charge < -0.3 is 10.2 Å². The van der Waals surface area contributed by atoms with Crippen molar-refractivity contribution in [3.05, 3.63) is 65.7 Å². The predicted octanol–water partition coefficient (Wildman–Crippen LogP) is 2.43. The second kappa shape index (κ2) is 8.43. The lowest BCUT2D eigenvalue weighted by molar-refractivity contribution is 0.578. The first-order valence-corrected chi connectivity index (χ1v) is 10.7. The molecule has 27 heavy (non-hydrogen) atoms. The molecule has 6 nitrogen and oxygen atoms in total. The van der Waals surface area contributed by atoms with Gasteiger partial charge in [0.1, 0.15) is 0 Å². The first-order valence-electron chi connectivity index (χ1n) is 9.04. The number of aliphatic imine (C=N–C) groups is 1. The van der Waals surface area contributed by atoms with Crippen molar-refractivity contribution in [2.75, 3.05) is 30.7 Å². The SMILES string of the molecule is CN(C)C(=NCc1ccccc1)NCc1ccc(N2CCCS2(=O)=O)cc1. The fraction of sp³-hybridized carbons (Fsp3) is 0.350. The summed E-state index contributed by atoms with van der Waals surface area (Å²) in [6.07, 6.45) is 0.690. The van der Waals surface area contributed by atoms with E-state index in [0.717, 1.165) is 22.8 Å². The highest BCUT2D eigenvalue weighted by Crippen LogP contribution is 2.24. The Kier molecular flexibility index (Phi) is 6.01. The third-order valence-corrected chi connectivity index (χ3v) is 6.32. The van der Waals surface area contributed by atoms with Crippen LogP contribution < -0.4 is 9.62 Å². The van der Waals surface area contributed by atoms with Crippen LogP contribution in [-0.4, -0.2) is 45.7 Å². The van der Waals surface area contributed by atoms with E-state index in [1.54, 1.807) is 0 Å². The summed E-state index contributed by atoms with van der Waals surface area (Å²) in [4.78, 5) is 6.60. The van der Waals surface area contributed by atoms with Crippen LogP contribution >= 0.6 is 0 Å². The van der Waals surface area contributed by atoms with Gasteiger partial charge in [0, 0.05) is 27.2 Å². The summed E-state index contributed by atoms with van der Waals surface area (Å²) in [7, 11) is 0.781. The molecule has 1 fully saturated rings. The van der Waals surface area contributed by atoms with Gasteiger partial charge in [-0.1, -0.05) is 42.5 Å². The Morgan fingerprint density at radius 2 is 1.78 bits per heavy atom. The molecule has 3 rings (SSSR count). The molecule has 2 aromatic carbocycles. The van der Waals surface area contributed by atoms with Crippen LogP contribution in [0.15, 0.2) is 59.6 Å².